The number of hydrogen-bond acceptors (Lipinski definition) is 7. The third-order valence-corrected chi connectivity index (χ3v) is 3.76. The molecule has 2 heterocycles. The monoisotopic (exact) mass is 310 g/mol. The van der Waals surface area contributed by atoms with Crippen LogP contribution in [0.4, 0.5) is 13.2 Å². The van der Waals surface area contributed by atoms with Gasteiger partial charge in [-0.15, -0.1) is 10.2 Å². The van der Waals surface area contributed by atoms with Gasteiger partial charge in [-0.2, -0.15) is 17.5 Å². The lowest BCUT2D eigenvalue weighted by Crippen LogP contribution is -2.21. The van der Waals surface area contributed by atoms with Crippen LogP contribution in [0, 0.1) is 0 Å². The van der Waals surface area contributed by atoms with Crippen LogP contribution in [0.15, 0.2) is 9.50 Å². The van der Waals surface area contributed by atoms with Crippen LogP contribution < -0.4 is 5.84 Å². The molecule has 6 nitrogen and oxygen atoms in total. The van der Waals surface area contributed by atoms with E-state index in [1.54, 1.807) is 0 Å². The summed E-state index contributed by atoms with van der Waals surface area (Å²) in [7, 11) is 0. The fourth-order valence-corrected chi connectivity index (χ4v) is 2.72. The summed E-state index contributed by atoms with van der Waals surface area (Å²) in [5.74, 6) is 4.84. The Labute approximate surface area is 114 Å². The maximum Gasteiger partial charge on any atom is 0.453 e. The van der Waals surface area contributed by atoms with E-state index in [4.69, 9.17) is 5.84 Å². The summed E-state index contributed by atoms with van der Waals surface area (Å²) in [6.07, 6.45) is -4.63. The summed E-state index contributed by atoms with van der Waals surface area (Å²) in [6.45, 7) is 3.84. The van der Waals surface area contributed by atoms with Crippen molar-refractivity contribution >= 4 is 23.3 Å². The number of hydrogen-bond donors (Lipinski definition) is 1. The number of nitrogens with zero attached hydrogens (tertiary/aromatic N) is 5. The molecule has 0 unspecified atom stereocenters. The van der Waals surface area contributed by atoms with Gasteiger partial charge in [0.2, 0.25) is 5.16 Å². The molecule has 0 bridgehead atoms. The minimum absolute atomic E-state index is 0.0845. The molecule has 0 aromatic carbocycles. The molecule has 2 N–H and O–H groups in total. The predicted molar refractivity (Wildman–Crippen MR) is 63.3 cm³/mol. The van der Waals surface area contributed by atoms with E-state index < -0.39 is 12.0 Å². The summed E-state index contributed by atoms with van der Waals surface area (Å²) >= 11 is 1.98. The van der Waals surface area contributed by atoms with Crippen LogP contribution in [0.25, 0.3) is 0 Å². The number of nitrogen functional groups attached to an aromatic ring is 1. The van der Waals surface area contributed by atoms with Crippen molar-refractivity contribution in [3.05, 3.63) is 11.6 Å². The van der Waals surface area contributed by atoms with E-state index in [0.29, 0.717) is 14.8 Å². The van der Waals surface area contributed by atoms with Crippen molar-refractivity contribution in [2.75, 3.05) is 5.84 Å². The summed E-state index contributed by atoms with van der Waals surface area (Å²) in [6, 6.07) is 0. The van der Waals surface area contributed by atoms with Crippen molar-refractivity contribution in [2.24, 2.45) is 0 Å². The average Bonchev–Trinajstić information content (AvgIpc) is 2.86. The van der Waals surface area contributed by atoms with Gasteiger partial charge in [0, 0.05) is 5.92 Å². The van der Waals surface area contributed by atoms with E-state index in [-0.39, 0.29) is 11.1 Å². The fourth-order valence-electron chi connectivity index (χ4n) is 1.11. The molecular weight excluding hydrogens is 301 g/mol. The van der Waals surface area contributed by atoms with Gasteiger partial charge in [0.05, 0.1) is 0 Å². The van der Waals surface area contributed by atoms with E-state index >= 15 is 0 Å². The predicted octanol–water partition coefficient (Wildman–Crippen LogP) is 2.14. The first-order chi connectivity index (χ1) is 8.79. The topological polar surface area (TPSA) is 82.5 Å². The number of halogens is 3. The van der Waals surface area contributed by atoms with Gasteiger partial charge in [-0.05, 0) is 23.3 Å². The van der Waals surface area contributed by atoms with Crippen LogP contribution in [-0.4, -0.2) is 24.2 Å². The quantitative estimate of drug-likeness (QED) is 0.875. The Kier molecular flexibility index (Phi) is 3.67. The molecule has 0 aliphatic carbocycles. The summed E-state index contributed by atoms with van der Waals surface area (Å²) in [5.41, 5.74) is 0. The molecule has 2 rings (SSSR count). The number of nitrogens with two attached hydrogens (primary N) is 1. The van der Waals surface area contributed by atoms with Crippen LogP contribution in [0.3, 0.4) is 0 Å². The molecular formula is C8H9F3N6S2. The van der Waals surface area contributed by atoms with Crippen molar-refractivity contribution in [2.45, 2.75) is 35.4 Å². The number of rotatable bonds is 3. The number of alkyl halides is 3. The molecule has 104 valence electrons. The third kappa shape index (κ3) is 2.97. The highest BCUT2D eigenvalue weighted by molar-refractivity contribution is 8.00. The maximum atomic E-state index is 12.5. The zero-order valence-electron chi connectivity index (χ0n) is 9.84. The van der Waals surface area contributed by atoms with E-state index in [1.807, 2.05) is 13.8 Å². The molecule has 0 aliphatic rings. The maximum absolute atomic E-state index is 12.5. The second-order valence-electron chi connectivity index (χ2n) is 3.85. The highest BCUT2D eigenvalue weighted by Gasteiger charge is 2.38. The second-order valence-corrected chi connectivity index (χ2v) is 5.82. The van der Waals surface area contributed by atoms with Crippen molar-refractivity contribution in [1.29, 1.82) is 0 Å². The Morgan fingerprint density at radius 1 is 1.32 bits per heavy atom. The molecule has 0 fully saturated rings. The van der Waals surface area contributed by atoms with Gasteiger partial charge in [0.25, 0.3) is 5.82 Å². The van der Waals surface area contributed by atoms with Gasteiger partial charge < -0.3 is 5.84 Å². The van der Waals surface area contributed by atoms with Gasteiger partial charge in [0.1, 0.15) is 5.82 Å². The Morgan fingerprint density at radius 3 is 2.47 bits per heavy atom. The van der Waals surface area contributed by atoms with Crippen LogP contribution in [0.1, 0.15) is 31.4 Å². The van der Waals surface area contributed by atoms with E-state index in [2.05, 4.69) is 19.6 Å². The molecule has 2 aromatic heterocycles. The van der Waals surface area contributed by atoms with E-state index in [9.17, 15) is 13.2 Å². The lowest BCUT2D eigenvalue weighted by atomic mass is 10.2. The normalized spacial score (nSPS) is 12.3. The van der Waals surface area contributed by atoms with Crippen LogP contribution in [0.2, 0.25) is 0 Å². The second kappa shape index (κ2) is 4.96. The fraction of sp³-hybridized carbons (Fsp3) is 0.500. The first-order valence-corrected chi connectivity index (χ1v) is 6.67. The Balaban J connectivity index is 2.22. The Bertz CT molecular complexity index is 575. The lowest BCUT2D eigenvalue weighted by molar-refractivity contribution is -0.146. The summed E-state index contributed by atoms with van der Waals surface area (Å²) in [4.78, 5) is 4.17. The van der Waals surface area contributed by atoms with Gasteiger partial charge in [-0.1, -0.05) is 13.8 Å². The zero-order valence-corrected chi connectivity index (χ0v) is 11.5. The Hall–Kier alpha value is -1.36. The molecule has 0 saturated carbocycles. The van der Waals surface area contributed by atoms with Gasteiger partial charge in [-0.3, -0.25) is 0 Å². The Morgan fingerprint density at radius 2 is 2.00 bits per heavy atom. The SMILES string of the molecule is CC(C)c1nsc(Sc2nnc(C(F)(F)F)n2N)n1. The number of aromatic nitrogens is 5. The summed E-state index contributed by atoms with van der Waals surface area (Å²) in [5, 5.41) is 6.34. The minimum Gasteiger partial charge on any atom is -0.335 e. The first-order valence-electron chi connectivity index (χ1n) is 5.08. The van der Waals surface area contributed by atoms with Crippen LogP contribution >= 0.6 is 23.3 Å². The van der Waals surface area contributed by atoms with E-state index in [0.717, 1.165) is 23.3 Å². The van der Waals surface area contributed by atoms with Gasteiger partial charge in [-0.25, -0.2) is 9.66 Å². The smallest absolute Gasteiger partial charge is 0.335 e. The van der Waals surface area contributed by atoms with Crippen molar-refractivity contribution < 1.29 is 13.2 Å². The van der Waals surface area contributed by atoms with E-state index in [1.165, 1.54) is 0 Å². The molecule has 2 aromatic rings. The standard InChI is InChI=1S/C8H9F3N6S2/c1-3(2)4-13-7(19-16-4)18-6-15-14-5(17(6)12)8(9,10)11/h3H,12H2,1-2H3. The molecule has 11 heteroatoms. The van der Waals surface area contributed by atoms with Crippen LogP contribution in [0.5, 0.6) is 0 Å². The minimum atomic E-state index is -4.63. The van der Waals surface area contributed by atoms with Crippen molar-refractivity contribution in [1.82, 2.24) is 24.2 Å². The third-order valence-electron chi connectivity index (χ3n) is 2.04. The lowest BCUT2D eigenvalue weighted by Gasteiger charge is -2.04. The molecule has 19 heavy (non-hydrogen) atoms. The highest BCUT2D eigenvalue weighted by atomic mass is 32.2. The van der Waals surface area contributed by atoms with Gasteiger partial charge in [0.15, 0.2) is 4.34 Å². The molecule has 0 radical (unpaired) electrons. The first kappa shape index (κ1) is 14.1. The molecule has 0 spiro atoms. The van der Waals surface area contributed by atoms with Gasteiger partial charge >= 0.3 is 6.18 Å². The summed E-state index contributed by atoms with van der Waals surface area (Å²) < 4.78 is 42.4. The molecule has 0 aliphatic heterocycles. The van der Waals surface area contributed by atoms with Crippen molar-refractivity contribution in [3.8, 4) is 0 Å². The van der Waals surface area contributed by atoms with Crippen LogP contribution in [-0.2, 0) is 6.18 Å². The zero-order chi connectivity index (χ0) is 14.2. The largest absolute Gasteiger partial charge is 0.453 e. The average molecular weight is 310 g/mol. The van der Waals surface area contributed by atoms with Crippen molar-refractivity contribution in [3.63, 3.8) is 0 Å². The molecule has 0 atom stereocenters. The molecule has 0 saturated heterocycles. The molecule has 0 amide bonds. The highest BCUT2D eigenvalue weighted by Crippen LogP contribution is 2.32.